The Bertz CT molecular complexity index is 793. The van der Waals surface area contributed by atoms with E-state index in [0.717, 1.165) is 37.5 Å². The summed E-state index contributed by atoms with van der Waals surface area (Å²) >= 11 is 0. The molecule has 0 radical (unpaired) electrons. The summed E-state index contributed by atoms with van der Waals surface area (Å²) in [5.41, 5.74) is 6.18. The average Bonchev–Trinajstić information content (AvgIpc) is 2.63. The maximum atomic E-state index is 12.5. The molecule has 0 aliphatic carbocycles. The van der Waals surface area contributed by atoms with Gasteiger partial charge in [0.25, 0.3) is 5.91 Å². The van der Waals surface area contributed by atoms with Crippen molar-refractivity contribution in [2.24, 2.45) is 0 Å². The van der Waals surface area contributed by atoms with Gasteiger partial charge in [0, 0.05) is 31.9 Å². The number of anilines is 1. The van der Waals surface area contributed by atoms with Gasteiger partial charge in [0.2, 0.25) is 0 Å². The zero-order chi connectivity index (χ0) is 18.7. The Morgan fingerprint density at radius 3 is 2.38 bits per heavy atom. The van der Waals surface area contributed by atoms with Crippen molar-refractivity contribution in [2.75, 3.05) is 37.7 Å². The molecule has 2 aromatic rings. The summed E-state index contributed by atoms with van der Waals surface area (Å²) in [6, 6.07) is 12.4. The number of aryl methyl sites for hydroxylation is 3. The number of benzene rings is 2. The van der Waals surface area contributed by atoms with E-state index in [-0.39, 0.29) is 12.5 Å². The fraction of sp³-hybridized carbons (Fsp3) is 0.409. The molecule has 4 heteroatoms. The Hall–Kier alpha value is -2.49. The normalized spacial score (nSPS) is 14.5. The van der Waals surface area contributed by atoms with E-state index in [4.69, 9.17) is 4.74 Å². The van der Waals surface area contributed by atoms with Crippen LogP contribution in [-0.4, -0.2) is 43.6 Å². The van der Waals surface area contributed by atoms with Gasteiger partial charge in [-0.05, 0) is 56.5 Å². The second-order valence-corrected chi connectivity index (χ2v) is 7.14. The predicted octanol–water partition coefficient (Wildman–Crippen LogP) is 3.65. The number of ether oxygens (including phenoxy) is 1. The maximum Gasteiger partial charge on any atom is 0.260 e. The minimum absolute atomic E-state index is 0.0607. The molecule has 1 heterocycles. The topological polar surface area (TPSA) is 32.8 Å². The lowest BCUT2D eigenvalue weighted by Crippen LogP contribution is -2.50. The molecular weight excluding hydrogens is 324 g/mol. The summed E-state index contributed by atoms with van der Waals surface area (Å²) in [7, 11) is 0. The van der Waals surface area contributed by atoms with Crippen molar-refractivity contribution in [3.63, 3.8) is 0 Å². The molecule has 1 aliphatic rings. The SMILES string of the molecule is Cc1ccc(OCC(=O)N2CCN(c3cccc(C)c3C)CC2)c(C)c1. The minimum Gasteiger partial charge on any atom is -0.484 e. The first-order valence-corrected chi connectivity index (χ1v) is 9.24. The van der Waals surface area contributed by atoms with Crippen LogP contribution in [0, 0.1) is 27.7 Å². The molecule has 0 spiro atoms. The third-order valence-corrected chi connectivity index (χ3v) is 5.23. The average molecular weight is 352 g/mol. The van der Waals surface area contributed by atoms with Crippen molar-refractivity contribution in [3.8, 4) is 5.75 Å². The third-order valence-electron chi connectivity index (χ3n) is 5.23. The Balaban J connectivity index is 1.54. The third kappa shape index (κ3) is 4.01. The molecule has 0 N–H and O–H groups in total. The van der Waals surface area contributed by atoms with Gasteiger partial charge in [-0.1, -0.05) is 29.8 Å². The zero-order valence-electron chi connectivity index (χ0n) is 16.2. The second-order valence-electron chi connectivity index (χ2n) is 7.14. The highest BCUT2D eigenvalue weighted by Crippen LogP contribution is 2.24. The van der Waals surface area contributed by atoms with Gasteiger partial charge in [-0.15, -0.1) is 0 Å². The number of rotatable bonds is 4. The van der Waals surface area contributed by atoms with Crippen LogP contribution >= 0.6 is 0 Å². The first-order chi connectivity index (χ1) is 12.5. The smallest absolute Gasteiger partial charge is 0.260 e. The Morgan fingerprint density at radius 2 is 1.69 bits per heavy atom. The van der Waals surface area contributed by atoms with Gasteiger partial charge in [-0.3, -0.25) is 4.79 Å². The van der Waals surface area contributed by atoms with E-state index >= 15 is 0 Å². The number of amides is 1. The predicted molar refractivity (Wildman–Crippen MR) is 106 cm³/mol. The summed E-state index contributed by atoms with van der Waals surface area (Å²) < 4.78 is 5.75. The zero-order valence-corrected chi connectivity index (χ0v) is 16.2. The largest absolute Gasteiger partial charge is 0.484 e. The Labute approximate surface area is 156 Å². The molecule has 3 rings (SSSR count). The standard InChI is InChI=1S/C22H28N2O2/c1-16-8-9-21(18(3)14-16)26-15-22(25)24-12-10-23(11-13-24)20-7-5-6-17(2)19(20)4/h5-9,14H,10-13,15H2,1-4H3. The van der Waals surface area contributed by atoms with Gasteiger partial charge in [-0.25, -0.2) is 0 Å². The molecule has 138 valence electrons. The van der Waals surface area contributed by atoms with Crippen molar-refractivity contribution >= 4 is 11.6 Å². The number of piperazine rings is 1. The minimum atomic E-state index is 0.0607. The van der Waals surface area contributed by atoms with E-state index in [0.29, 0.717) is 0 Å². The van der Waals surface area contributed by atoms with E-state index < -0.39 is 0 Å². The van der Waals surface area contributed by atoms with Crippen LogP contribution in [0.5, 0.6) is 5.75 Å². The molecule has 1 aliphatic heterocycles. The van der Waals surface area contributed by atoms with Crippen molar-refractivity contribution in [1.82, 2.24) is 4.90 Å². The molecule has 4 nitrogen and oxygen atoms in total. The van der Waals surface area contributed by atoms with Gasteiger partial charge in [0.05, 0.1) is 0 Å². The highest BCUT2D eigenvalue weighted by molar-refractivity contribution is 5.78. The van der Waals surface area contributed by atoms with Crippen LogP contribution < -0.4 is 9.64 Å². The van der Waals surface area contributed by atoms with Crippen LogP contribution in [0.25, 0.3) is 0 Å². The van der Waals surface area contributed by atoms with Gasteiger partial charge < -0.3 is 14.5 Å². The molecule has 2 aromatic carbocycles. The van der Waals surface area contributed by atoms with Crippen molar-refractivity contribution < 1.29 is 9.53 Å². The quantitative estimate of drug-likeness (QED) is 0.842. The molecule has 26 heavy (non-hydrogen) atoms. The molecule has 1 saturated heterocycles. The van der Waals surface area contributed by atoms with E-state index in [1.54, 1.807) is 0 Å². The number of hydrogen-bond acceptors (Lipinski definition) is 3. The number of carbonyl (C=O) groups is 1. The first-order valence-electron chi connectivity index (χ1n) is 9.24. The Kier molecular flexibility index (Phi) is 5.50. The van der Waals surface area contributed by atoms with Gasteiger partial charge in [-0.2, -0.15) is 0 Å². The summed E-state index contributed by atoms with van der Waals surface area (Å²) in [6.07, 6.45) is 0. The molecule has 1 fully saturated rings. The number of nitrogens with zero attached hydrogens (tertiary/aromatic N) is 2. The molecule has 0 bridgehead atoms. The molecule has 1 amide bonds. The van der Waals surface area contributed by atoms with Gasteiger partial charge in [0.1, 0.15) is 5.75 Å². The lowest BCUT2D eigenvalue weighted by Gasteiger charge is -2.37. The van der Waals surface area contributed by atoms with Crippen LogP contribution in [0.3, 0.4) is 0 Å². The fourth-order valence-corrected chi connectivity index (χ4v) is 3.47. The molecule has 0 aromatic heterocycles. The number of hydrogen-bond donors (Lipinski definition) is 0. The second kappa shape index (κ2) is 7.81. The first kappa shape index (κ1) is 18.3. The van der Waals surface area contributed by atoms with E-state index in [9.17, 15) is 4.79 Å². The molecule has 0 saturated carbocycles. The molecular formula is C22H28N2O2. The number of carbonyl (C=O) groups excluding carboxylic acids is 1. The molecule has 0 unspecified atom stereocenters. The summed E-state index contributed by atoms with van der Waals surface area (Å²) in [5.74, 6) is 0.851. The van der Waals surface area contributed by atoms with Crippen molar-refractivity contribution in [2.45, 2.75) is 27.7 Å². The summed E-state index contributed by atoms with van der Waals surface area (Å²) in [5, 5.41) is 0. The van der Waals surface area contributed by atoms with Crippen LogP contribution in [0.2, 0.25) is 0 Å². The van der Waals surface area contributed by atoms with Gasteiger partial charge >= 0.3 is 0 Å². The summed E-state index contributed by atoms with van der Waals surface area (Å²) in [6.45, 7) is 11.7. The lowest BCUT2D eigenvalue weighted by molar-refractivity contribution is -0.133. The highest BCUT2D eigenvalue weighted by Gasteiger charge is 2.22. The lowest BCUT2D eigenvalue weighted by atomic mass is 10.1. The maximum absolute atomic E-state index is 12.5. The van der Waals surface area contributed by atoms with Crippen molar-refractivity contribution in [1.29, 1.82) is 0 Å². The Morgan fingerprint density at radius 1 is 0.962 bits per heavy atom. The molecule has 0 atom stereocenters. The van der Waals surface area contributed by atoms with Crippen LogP contribution in [0.15, 0.2) is 36.4 Å². The van der Waals surface area contributed by atoms with Crippen molar-refractivity contribution in [3.05, 3.63) is 58.7 Å². The fourth-order valence-electron chi connectivity index (χ4n) is 3.47. The van der Waals surface area contributed by atoms with E-state index in [1.165, 1.54) is 22.4 Å². The highest BCUT2D eigenvalue weighted by atomic mass is 16.5. The van der Waals surface area contributed by atoms with E-state index in [1.807, 2.05) is 24.0 Å². The summed E-state index contributed by atoms with van der Waals surface area (Å²) in [4.78, 5) is 16.8. The van der Waals surface area contributed by atoms with Crippen LogP contribution in [0.1, 0.15) is 22.3 Å². The van der Waals surface area contributed by atoms with E-state index in [2.05, 4.69) is 49.9 Å². The monoisotopic (exact) mass is 352 g/mol. The van der Waals surface area contributed by atoms with Gasteiger partial charge in [0.15, 0.2) is 6.61 Å². The van der Waals surface area contributed by atoms with Crippen LogP contribution in [-0.2, 0) is 4.79 Å². The van der Waals surface area contributed by atoms with Crippen LogP contribution in [0.4, 0.5) is 5.69 Å².